The molecule has 0 aliphatic rings. The zero-order valence-corrected chi connectivity index (χ0v) is 10.5. The monoisotopic (exact) mass is 197 g/mol. The maximum atomic E-state index is 4.01. The molecule has 1 radical (unpaired) electrons. The summed E-state index contributed by atoms with van der Waals surface area (Å²) < 4.78 is 0. The number of unbranched alkanes of at least 4 members (excludes halogenated alkanes) is 5. The van der Waals surface area contributed by atoms with E-state index in [1.165, 1.54) is 51.4 Å². The first kappa shape index (κ1) is 14.0. The van der Waals surface area contributed by atoms with E-state index in [0.29, 0.717) is 5.92 Å². The molecule has 0 saturated heterocycles. The van der Waals surface area contributed by atoms with Gasteiger partial charge in [0.15, 0.2) is 0 Å². The Bertz CT molecular complexity index is 88.6. The number of hydrogen-bond acceptors (Lipinski definition) is 0. The van der Waals surface area contributed by atoms with Crippen LogP contribution in [0.5, 0.6) is 0 Å². The van der Waals surface area contributed by atoms with Gasteiger partial charge in [0.2, 0.25) is 0 Å². The molecule has 0 aromatic heterocycles. The van der Waals surface area contributed by atoms with Gasteiger partial charge in [-0.25, -0.2) is 0 Å². The van der Waals surface area contributed by atoms with Gasteiger partial charge in [-0.2, -0.15) is 0 Å². The molecule has 0 heterocycles. The molecular weight excluding hydrogens is 168 g/mol. The molecule has 0 aromatic carbocycles. The van der Waals surface area contributed by atoms with Crippen molar-refractivity contribution in [1.29, 1.82) is 0 Å². The van der Waals surface area contributed by atoms with Crippen LogP contribution in [0.2, 0.25) is 0 Å². The lowest BCUT2D eigenvalue weighted by molar-refractivity contribution is 0.500. The molecule has 0 aliphatic carbocycles. The van der Waals surface area contributed by atoms with E-state index in [4.69, 9.17) is 0 Å². The quantitative estimate of drug-likeness (QED) is 0.444. The van der Waals surface area contributed by atoms with E-state index in [1.807, 2.05) is 0 Å². The normalized spacial score (nSPS) is 11.6. The van der Waals surface area contributed by atoms with Crippen molar-refractivity contribution in [2.24, 2.45) is 11.8 Å². The van der Waals surface area contributed by atoms with Crippen LogP contribution < -0.4 is 0 Å². The van der Waals surface area contributed by atoms with Crippen LogP contribution in [0.1, 0.15) is 72.1 Å². The van der Waals surface area contributed by atoms with Crippen LogP contribution in [0.25, 0.3) is 0 Å². The second-order valence-electron chi connectivity index (χ2n) is 5.20. The van der Waals surface area contributed by atoms with Crippen molar-refractivity contribution >= 4 is 0 Å². The van der Waals surface area contributed by atoms with E-state index >= 15 is 0 Å². The van der Waals surface area contributed by atoms with Crippen LogP contribution in [0.15, 0.2) is 0 Å². The minimum atomic E-state index is 0.649. The first-order valence-corrected chi connectivity index (χ1v) is 6.46. The number of rotatable bonds is 9. The van der Waals surface area contributed by atoms with E-state index < -0.39 is 0 Å². The van der Waals surface area contributed by atoms with Crippen LogP contribution in [0, 0.1) is 18.8 Å². The van der Waals surface area contributed by atoms with Crippen molar-refractivity contribution in [3.8, 4) is 0 Å². The zero-order chi connectivity index (χ0) is 10.8. The Morgan fingerprint density at radius 1 is 0.714 bits per heavy atom. The summed E-state index contributed by atoms with van der Waals surface area (Å²) in [4.78, 5) is 0. The summed E-state index contributed by atoms with van der Waals surface area (Å²) in [6, 6.07) is 0. The average molecular weight is 197 g/mol. The lowest BCUT2D eigenvalue weighted by Gasteiger charge is -2.05. The highest BCUT2D eigenvalue weighted by Gasteiger charge is 1.96. The minimum Gasteiger partial charge on any atom is -0.0628 e. The third-order valence-electron chi connectivity index (χ3n) is 2.73. The molecule has 0 bridgehead atoms. The summed E-state index contributed by atoms with van der Waals surface area (Å²) in [6.45, 7) is 10.8. The van der Waals surface area contributed by atoms with Gasteiger partial charge in [0.25, 0.3) is 0 Å². The molecule has 0 N–H and O–H groups in total. The largest absolute Gasteiger partial charge is 0.0628 e. The van der Waals surface area contributed by atoms with Gasteiger partial charge in [0, 0.05) is 0 Å². The lowest BCUT2D eigenvalue weighted by atomic mass is 10.0. The molecule has 0 nitrogen and oxygen atoms in total. The minimum absolute atomic E-state index is 0.649. The first-order valence-electron chi connectivity index (χ1n) is 6.46. The molecule has 0 rings (SSSR count). The summed E-state index contributed by atoms with van der Waals surface area (Å²) in [5.74, 6) is 1.54. The Hall–Kier alpha value is 0. The standard InChI is InChI=1S/C14H29/c1-13(2)11-9-7-5-6-8-10-12-14(3)4/h13-14H,1,5-12H2,2-4H3. The molecule has 1 unspecified atom stereocenters. The summed E-state index contributed by atoms with van der Waals surface area (Å²) in [5.41, 5.74) is 0. The average Bonchev–Trinajstić information content (AvgIpc) is 2.08. The van der Waals surface area contributed by atoms with Gasteiger partial charge in [-0.05, 0) is 11.8 Å². The van der Waals surface area contributed by atoms with E-state index in [0.717, 1.165) is 5.92 Å². The van der Waals surface area contributed by atoms with Gasteiger partial charge in [0.1, 0.15) is 0 Å². The highest BCUT2D eigenvalue weighted by molar-refractivity contribution is 4.54. The zero-order valence-electron chi connectivity index (χ0n) is 10.5. The molecule has 0 saturated carbocycles. The summed E-state index contributed by atoms with van der Waals surface area (Å²) in [5, 5.41) is 0. The highest BCUT2D eigenvalue weighted by atomic mass is 14.0. The molecule has 0 heteroatoms. The fourth-order valence-electron chi connectivity index (χ4n) is 1.75. The Morgan fingerprint density at radius 3 is 1.57 bits per heavy atom. The topological polar surface area (TPSA) is 0 Å². The van der Waals surface area contributed by atoms with Crippen molar-refractivity contribution in [3.05, 3.63) is 6.92 Å². The molecule has 0 fully saturated rings. The molecule has 0 spiro atoms. The van der Waals surface area contributed by atoms with Crippen molar-refractivity contribution in [2.75, 3.05) is 0 Å². The Balaban J connectivity index is 2.92. The smallest absolute Gasteiger partial charge is 0.0443 e. The SMILES string of the molecule is [CH2]C(C)CCCCCCCCC(C)C. The van der Waals surface area contributed by atoms with Gasteiger partial charge < -0.3 is 0 Å². The van der Waals surface area contributed by atoms with Gasteiger partial charge in [0.05, 0.1) is 0 Å². The Morgan fingerprint density at radius 2 is 1.14 bits per heavy atom. The highest BCUT2D eigenvalue weighted by Crippen LogP contribution is 2.13. The van der Waals surface area contributed by atoms with E-state index in [-0.39, 0.29) is 0 Å². The fourth-order valence-corrected chi connectivity index (χ4v) is 1.75. The second-order valence-corrected chi connectivity index (χ2v) is 5.20. The van der Waals surface area contributed by atoms with Crippen LogP contribution in [0.3, 0.4) is 0 Å². The molecule has 85 valence electrons. The van der Waals surface area contributed by atoms with E-state index in [2.05, 4.69) is 27.7 Å². The molecule has 0 aromatic rings. The van der Waals surface area contributed by atoms with Gasteiger partial charge in [-0.3, -0.25) is 0 Å². The summed E-state index contributed by atoms with van der Waals surface area (Å²) in [7, 11) is 0. The van der Waals surface area contributed by atoms with Crippen LogP contribution in [-0.2, 0) is 0 Å². The van der Waals surface area contributed by atoms with Crippen molar-refractivity contribution in [2.45, 2.75) is 72.1 Å². The maximum absolute atomic E-state index is 4.01. The van der Waals surface area contributed by atoms with Crippen LogP contribution in [0.4, 0.5) is 0 Å². The summed E-state index contributed by atoms with van der Waals surface area (Å²) >= 11 is 0. The molecule has 14 heavy (non-hydrogen) atoms. The molecule has 1 atom stereocenters. The van der Waals surface area contributed by atoms with Gasteiger partial charge >= 0.3 is 0 Å². The number of hydrogen-bond donors (Lipinski definition) is 0. The van der Waals surface area contributed by atoms with Crippen LogP contribution in [-0.4, -0.2) is 0 Å². The van der Waals surface area contributed by atoms with Crippen LogP contribution >= 0.6 is 0 Å². The van der Waals surface area contributed by atoms with E-state index in [9.17, 15) is 0 Å². The Kier molecular flexibility index (Phi) is 9.55. The fraction of sp³-hybridized carbons (Fsp3) is 0.929. The molecule has 0 amide bonds. The van der Waals surface area contributed by atoms with Gasteiger partial charge in [-0.1, -0.05) is 79.1 Å². The predicted molar refractivity (Wildman–Crippen MR) is 66.3 cm³/mol. The lowest BCUT2D eigenvalue weighted by Crippen LogP contribution is -1.89. The second kappa shape index (κ2) is 9.55. The third-order valence-corrected chi connectivity index (χ3v) is 2.73. The first-order chi connectivity index (χ1) is 6.63. The maximum Gasteiger partial charge on any atom is -0.0443 e. The van der Waals surface area contributed by atoms with Crippen molar-refractivity contribution in [1.82, 2.24) is 0 Å². The van der Waals surface area contributed by atoms with E-state index in [1.54, 1.807) is 0 Å². The third kappa shape index (κ3) is 12.0. The Labute approximate surface area is 91.5 Å². The predicted octanol–water partition coefficient (Wildman–Crippen LogP) is 5.23. The molecule has 0 aliphatic heterocycles. The van der Waals surface area contributed by atoms with Crippen molar-refractivity contribution < 1.29 is 0 Å². The van der Waals surface area contributed by atoms with Gasteiger partial charge in [-0.15, -0.1) is 0 Å². The molecular formula is C14H29. The summed E-state index contributed by atoms with van der Waals surface area (Å²) in [6.07, 6.45) is 11.3. The van der Waals surface area contributed by atoms with Crippen molar-refractivity contribution in [3.63, 3.8) is 0 Å².